The third-order valence-electron chi connectivity index (χ3n) is 9.03. The second-order valence-corrected chi connectivity index (χ2v) is 17.6. The average Bonchev–Trinajstić information content (AvgIpc) is 3.18. The molecule has 0 bridgehead atoms. The predicted molar refractivity (Wildman–Crippen MR) is 237 cm³/mol. The summed E-state index contributed by atoms with van der Waals surface area (Å²) in [5, 5.41) is 18.4. The van der Waals surface area contributed by atoms with Crippen LogP contribution in [-0.4, -0.2) is 102 Å². The minimum atomic E-state index is -1.26. The predicted octanol–water partition coefficient (Wildman–Crippen LogP) is 2.67. The number of alkyl carbamates (subject to hydrolysis) is 2. The number of benzene rings is 2. The summed E-state index contributed by atoms with van der Waals surface area (Å²) in [6.07, 6.45) is -0.777. The van der Waals surface area contributed by atoms with Crippen LogP contribution in [0.4, 0.5) is 9.59 Å². The smallest absolute Gasteiger partial charge is 0.408 e. The van der Waals surface area contributed by atoms with Crippen LogP contribution in [0, 0.1) is 5.92 Å². The number of carbonyl (C=O) groups is 8. The van der Waals surface area contributed by atoms with Gasteiger partial charge in [-0.05, 0) is 84.3 Å². The summed E-state index contributed by atoms with van der Waals surface area (Å²) in [6, 6.07) is 12.0. The van der Waals surface area contributed by atoms with E-state index in [2.05, 4.69) is 37.2 Å². The van der Waals surface area contributed by atoms with Gasteiger partial charge in [-0.3, -0.25) is 28.8 Å². The summed E-state index contributed by atoms with van der Waals surface area (Å²) in [7, 11) is 0. The Bertz CT molecular complexity index is 1830. The Morgan fingerprint density at radius 1 is 0.571 bits per heavy atom. The van der Waals surface area contributed by atoms with Crippen LogP contribution in [0.2, 0.25) is 0 Å². The first-order valence-electron chi connectivity index (χ1n) is 21.3. The van der Waals surface area contributed by atoms with Gasteiger partial charge in [0.15, 0.2) is 0 Å². The standard InChI is InChI=1S/C45H68N8O10/c1-10-31(37(46)55)50-40(58)33(24-28(2)3)49-36(54)27-48-38(56)34(25-29-18-13-11-14-19-29)51-41(59)35(26-30-20-15-12-16-21-30)52-39(57)32(53-43(61)63-45(7,8)9)22-17-23-47-42(60)62-44(4,5)6/h11-16,18-21,28,31-35H,10,17,22-27H2,1-9H3,(H2,46,55)(H,47,60)(H,48,56)(H,49,54)(H,50,58)(H,51,59)(H,52,57)(H,53,61)/t31-,32-,33-,34-,35-/m0/s1. The first-order valence-corrected chi connectivity index (χ1v) is 21.3. The van der Waals surface area contributed by atoms with E-state index >= 15 is 0 Å². The highest BCUT2D eigenvalue weighted by Gasteiger charge is 2.32. The molecule has 0 spiro atoms. The number of hydrogen-bond acceptors (Lipinski definition) is 10. The summed E-state index contributed by atoms with van der Waals surface area (Å²) in [4.78, 5) is 105. The zero-order valence-electron chi connectivity index (χ0n) is 38.1. The van der Waals surface area contributed by atoms with Crippen molar-refractivity contribution in [3.63, 3.8) is 0 Å². The lowest BCUT2D eigenvalue weighted by Crippen LogP contribution is -2.58. The third kappa shape index (κ3) is 21.9. The lowest BCUT2D eigenvalue weighted by molar-refractivity contribution is -0.133. The van der Waals surface area contributed by atoms with Crippen LogP contribution in [0.5, 0.6) is 0 Å². The van der Waals surface area contributed by atoms with Gasteiger partial charge < -0.3 is 52.4 Å². The molecule has 348 valence electrons. The molecule has 0 aliphatic carbocycles. The van der Waals surface area contributed by atoms with Crippen LogP contribution in [0.1, 0.15) is 99.1 Å². The summed E-state index contributed by atoms with van der Waals surface area (Å²) in [5.74, 6) is -4.22. The number of rotatable bonds is 23. The maximum absolute atomic E-state index is 14.3. The molecule has 9 N–H and O–H groups in total. The maximum atomic E-state index is 14.3. The van der Waals surface area contributed by atoms with Crippen molar-refractivity contribution in [3.8, 4) is 0 Å². The summed E-state index contributed by atoms with van der Waals surface area (Å²) in [5.41, 5.74) is 5.15. The van der Waals surface area contributed by atoms with Crippen LogP contribution in [0.3, 0.4) is 0 Å². The fourth-order valence-electron chi connectivity index (χ4n) is 6.08. The molecule has 5 atom stereocenters. The molecule has 2 rings (SSSR count). The molecule has 0 saturated heterocycles. The molecule has 0 radical (unpaired) electrons. The Morgan fingerprint density at radius 3 is 1.51 bits per heavy atom. The summed E-state index contributed by atoms with van der Waals surface area (Å²) in [6.45, 7) is 15.1. The van der Waals surface area contributed by atoms with Crippen molar-refractivity contribution in [2.75, 3.05) is 13.1 Å². The second-order valence-electron chi connectivity index (χ2n) is 17.6. The van der Waals surface area contributed by atoms with E-state index < -0.39 is 95.6 Å². The van der Waals surface area contributed by atoms with E-state index in [0.717, 1.165) is 0 Å². The largest absolute Gasteiger partial charge is 0.444 e. The number of carbonyl (C=O) groups excluding carboxylic acids is 8. The first kappa shape index (κ1) is 52.9. The van der Waals surface area contributed by atoms with Crippen LogP contribution in [0.15, 0.2) is 60.7 Å². The normalized spacial score (nSPS) is 13.7. The van der Waals surface area contributed by atoms with E-state index in [-0.39, 0.29) is 51.0 Å². The van der Waals surface area contributed by atoms with Gasteiger partial charge in [-0.25, -0.2) is 9.59 Å². The molecule has 0 fully saturated rings. The van der Waals surface area contributed by atoms with Gasteiger partial charge in [0.1, 0.15) is 41.4 Å². The molecule has 18 heteroatoms. The van der Waals surface area contributed by atoms with Crippen LogP contribution in [0.25, 0.3) is 0 Å². The summed E-state index contributed by atoms with van der Waals surface area (Å²) >= 11 is 0. The molecule has 8 amide bonds. The molecule has 63 heavy (non-hydrogen) atoms. The number of primary amides is 1. The molecular weight excluding hydrogens is 813 g/mol. The van der Waals surface area contributed by atoms with Crippen molar-refractivity contribution < 1.29 is 47.8 Å². The van der Waals surface area contributed by atoms with Crippen LogP contribution >= 0.6 is 0 Å². The molecule has 0 aromatic heterocycles. The number of amides is 8. The molecule has 0 heterocycles. The van der Waals surface area contributed by atoms with Gasteiger partial charge in [0.25, 0.3) is 0 Å². The maximum Gasteiger partial charge on any atom is 0.408 e. The highest BCUT2D eigenvalue weighted by molar-refractivity contribution is 5.96. The van der Waals surface area contributed by atoms with Crippen molar-refractivity contribution >= 4 is 47.6 Å². The lowest BCUT2D eigenvalue weighted by Gasteiger charge is -2.27. The van der Waals surface area contributed by atoms with E-state index in [0.29, 0.717) is 11.1 Å². The van der Waals surface area contributed by atoms with E-state index in [1.54, 1.807) is 109 Å². The van der Waals surface area contributed by atoms with E-state index in [4.69, 9.17) is 15.2 Å². The van der Waals surface area contributed by atoms with Gasteiger partial charge in [0.2, 0.25) is 35.4 Å². The number of ether oxygens (including phenoxy) is 2. The first-order chi connectivity index (χ1) is 29.5. The SMILES string of the molecule is CC[C@H](NC(=O)[C@H](CC(C)C)NC(=O)CNC(=O)[C@H](Cc1ccccc1)NC(=O)[C@H](Cc1ccccc1)NC(=O)[C@H](CCCNC(=O)OC(C)(C)C)NC(=O)OC(C)(C)C)C(N)=O. The Morgan fingerprint density at radius 2 is 1.03 bits per heavy atom. The molecule has 18 nitrogen and oxygen atoms in total. The quantitative estimate of drug-likeness (QED) is 0.0757. The molecule has 2 aromatic rings. The monoisotopic (exact) mass is 881 g/mol. The molecule has 0 aliphatic rings. The van der Waals surface area contributed by atoms with E-state index in [1.165, 1.54) is 0 Å². The van der Waals surface area contributed by atoms with Crippen molar-refractivity contribution in [3.05, 3.63) is 71.8 Å². The number of nitrogens with two attached hydrogens (primary N) is 1. The molecular formula is C45H68N8O10. The second kappa shape index (κ2) is 25.7. The zero-order valence-corrected chi connectivity index (χ0v) is 38.1. The van der Waals surface area contributed by atoms with Gasteiger partial charge >= 0.3 is 12.2 Å². The Kier molecular flexibility index (Phi) is 21.6. The van der Waals surface area contributed by atoms with Gasteiger partial charge in [0, 0.05) is 19.4 Å². The van der Waals surface area contributed by atoms with Crippen molar-refractivity contribution in [1.82, 2.24) is 37.2 Å². The Balaban J connectivity index is 2.34. The summed E-state index contributed by atoms with van der Waals surface area (Å²) < 4.78 is 10.7. The zero-order chi connectivity index (χ0) is 47.3. The van der Waals surface area contributed by atoms with Crippen molar-refractivity contribution in [1.29, 1.82) is 0 Å². The van der Waals surface area contributed by atoms with Crippen molar-refractivity contribution in [2.45, 2.75) is 142 Å². The van der Waals surface area contributed by atoms with Gasteiger partial charge in [-0.1, -0.05) is 81.4 Å². The minimum absolute atomic E-state index is 0.00339. The van der Waals surface area contributed by atoms with Gasteiger partial charge in [-0.2, -0.15) is 0 Å². The Labute approximate surface area is 370 Å². The Hall–Kier alpha value is -6.20. The highest BCUT2D eigenvalue weighted by Crippen LogP contribution is 2.12. The van der Waals surface area contributed by atoms with Gasteiger partial charge in [-0.15, -0.1) is 0 Å². The molecule has 0 unspecified atom stereocenters. The number of nitrogens with one attached hydrogen (secondary N) is 7. The van der Waals surface area contributed by atoms with Crippen LogP contribution in [-0.2, 0) is 51.1 Å². The fourth-order valence-corrected chi connectivity index (χ4v) is 6.08. The molecule has 2 aromatic carbocycles. The highest BCUT2D eigenvalue weighted by atomic mass is 16.6. The molecule has 0 aliphatic heterocycles. The molecule has 0 saturated carbocycles. The van der Waals surface area contributed by atoms with Crippen LogP contribution < -0.4 is 43.0 Å². The topological polar surface area (TPSA) is 265 Å². The third-order valence-corrected chi connectivity index (χ3v) is 9.03. The number of hydrogen-bond donors (Lipinski definition) is 8. The minimum Gasteiger partial charge on any atom is -0.444 e. The van der Waals surface area contributed by atoms with E-state index in [9.17, 15) is 38.4 Å². The van der Waals surface area contributed by atoms with Gasteiger partial charge in [0.05, 0.1) is 6.54 Å². The van der Waals surface area contributed by atoms with Crippen molar-refractivity contribution in [2.24, 2.45) is 11.7 Å². The lowest BCUT2D eigenvalue weighted by atomic mass is 10.0. The fraction of sp³-hybridized carbons (Fsp3) is 0.556. The average molecular weight is 881 g/mol. The van der Waals surface area contributed by atoms with E-state index in [1.807, 2.05) is 13.8 Å².